The van der Waals surface area contributed by atoms with E-state index in [-0.39, 0.29) is 11.3 Å². The van der Waals surface area contributed by atoms with E-state index >= 15 is 0 Å². The number of halogens is 1. The zero-order chi connectivity index (χ0) is 15.2. The highest BCUT2D eigenvalue weighted by atomic mass is 35.5. The third-order valence-corrected chi connectivity index (χ3v) is 3.98. The van der Waals surface area contributed by atoms with E-state index < -0.39 is 0 Å². The summed E-state index contributed by atoms with van der Waals surface area (Å²) in [6.45, 7) is 4.56. The first-order valence-corrected chi connectivity index (χ1v) is 7.52. The van der Waals surface area contributed by atoms with Gasteiger partial charge in [-0.05, 0) is 36.1 Å². The Morgan fingerprint density at radius 3 is 2.48 bits per heavy atom. The second-order valence-corrected chi connectivity index (χ2v) is 5.80. The van der Waals surface area contributed by atoms with Crippen LogP contribution in [0.5, 0.6) is 0 Å². The Balaban J connectivity index is 1.86. The van der Waals surface area contributed by atoms with Gasteiger partial charge in [-0.25, -0.2) is 0 Å². The fraction of sp³-hybridized carbons (Fsp3) is 0.278. The molecule has 21 heavy (non-hydrogen) atoms. The van der Waals surface area contributed by atoms with Crippen LogP contribution in [0.3, 0.4) is 0 Å². The van der Waals surface area contributed by atoms with Crippen molar-refractivity contribution in [2.75, 3.05) is 6.54 Å². The molecule has 0 saturated carbocycles. The van der Waals surface area contributed by atoms with E-state index in [9.17, 15) is 4.79 Å². The Hall–Kier alpha value is -1.80. The minimum Gasteiger partial charge on any atom is -0.354 e. The molecule has 1 atom stereocenters. The van der Waals surface area contributed by atoms with Gasteiger partial charge < -0.3 is 5.32 Å². The van der Waals surface area contributed by atoms with Crippen LogP contribution in [0.4, 0.5) is 0 Å². The summed E-state index contributed by atoms with van der Waals surface area (Å²) in [6, 6.07) is 15.9. The number of aryl methyl sites for hydroxylation is 2. The zero-order valence-electron chi connectivity index (χ0n) is 12.4. The Bertz CT molecular complexity index is 610. The summed E-state index contributed by atoms with van der Waals surface area (Å²) in [5.74, 6) is -0.000154. The molecule has 2 aromatic rings. The summed E-state index contributed by atoms with van der Waals surface area (Å²) < 4.78 is 0. The summed E-state index contributed by atoms with van der Waals surface area (Å²) >= 11 is 6.28. The van der Waals surface area contributed by atoms with Crippen molar-refractivity contribution in [3.63, 3.8) is 0 Å². The van der Waals surface area contributed by atoms with Crippen LogP contribution in [0, 0.1) is 13.8 Å². The minimum absolute atomic E-state index is 0.000154. The van der Waals surface area contributed by atoms with Gasteiger partial charge >= 0.3 is 0 Å². The molecule has 0 saturated heterocycles. The fourth-order valence-electron chi connectivity index (χ4n) is 2.14. The monoisotopic (exact) mass is 301 g/mol. The van der Waals surface area contributed by atoms with E-state index in [2.05, 4.69) is 25.2 Å². The molecule has 1 unspecified atom stereocenters. The van der Waals surface area contributed by atoms with Crippen LogP contribution in [0.2, 0.25) is 0 Å². The van der Waals surface area contributed by atoms with Gasteiger partial charge in [0.1, 0.15) is 0 Å². The predicted octanol–water partition coefficient (Wildman–Crippen LogP) is 3.94. The molecule has 0 aliphatic carbocycles. The first-order chi connectivity index (χ1) is 10.1. The average molecular weight is 302 g/mol. The number of carbonyl (C=O) groups is 1. The van der Waals surface area contributed by atoms with Crippen molar-refractivity contribution in [2.45, 2.75) is 25.6 Å². The van der Waals surface area contributed by atoms with E-state index in [1.165, 1.54) is 11.1 Å². The summed E-state index contributed by atoms with van der Waals surface area (Å²) in [5, 5.41) is 2.69. The highest BCUT2D eigenvalue weighted by Gasteiger charge is 2.10. The van der Waals surface area contributed by atoms with Crippen LogP contribution in [0.1, 0.15) is 27.6 Å². The summed E-state index contributed by atoms with van der Waals surface area (Å²) in [6.07, 6.45) is 0.388. The number of benzene rings is 2. The molecule has 3 heteroatoms. The van der Waals surface area contributed by atoms with Gasteiger partial charge in [0.2, 0.25) is 5.91 Å². The lowest BCUT2D eigenvalue weighted by atomic mass is 10.0. The molecule has 2 nitrogen and oxygen atoms in total. The Morgan fingerprint density at radius 2 is 1.81 bits per heavy atom. The smallest absolute Gasteiger partial charge is 0.224 e. The van der Waals surface area contributed by atoms with E-state index in [1.807, 2.05) is 42.5 Å². The van der Waals surface area contributed by atoms with Gasteiger partial charge in [-0.3, -0.25) is 4.79 Å². The second kappa shape index (κ2) is 7.28. The van der Waals surface area contributed by atoms with Crippen molar-refractivity contribution >= 4 is 17.5 Å². The summed E-state index contributed by atoms with van der Waals surface area (Å²) in [4.78, 5) is 12.0. The SMILES string of the molecule is Cc1ccc(CC(=O)NCC(Cl)c2ccccc2)cc1C. The normalized spacial score (nSPS) is 12.0. The number of hydrogen-bond donors (Lipinski definition) is 1. The molecule has 1 N–H and O–H groups in total. The van der Waals surface area contributed by atoms with Crippen molar-refractivity contribution in [2.24, 2.45) is 0 Å². The van der Waals surface area contributed by atoms with E-state index in [0.717, 1.165) is 11.1 Å². The minimum atomic E-state index is -0.199. The lowest BCUT2D eigenvalue weighted by Gasteiger charge is -2.11. The summed E-state index contributed by atoms with van der Waals surface area (Å²) in [5.41, 5.74) is 4.50. The number of carbonyl (C=O) groups excluding carboxylic acids is 1. The van der Waals surface area contributed by atoms with Gasteiger partial charge in [-0.2, -0.15) is 0 Å². The van der Waals surface area contributed by atoms with Gasteiger partial charge in [0.05, 0.1) is 11.8 Å². The van der Waals surface area contributed by atoms with Crippen molar-refractivity contribution in [1.29, 1.82) is 0 Å². The summed E-state index contributed by atoms with van der Waals surface area (Å²) in [7, 11) is 0. The molecule has 2 rings (SSSR count). The maximum absolute atomic E-state index is 12.0. The fourth-order valence-corrected chi connectivity index (χ4v) is 2.37. The third-order valence-electron chi connectivity index (χ3n) is 3.58. The Morgan fingerprint density at radius 1 is 1.10 bits per heavy atom. The molecule has 0 aliphatic rings. The zero-order valence-corrected chi connectivity index (χ0v) is 13.2. The molecule has 110 valence electrons. The van der Waals surface area contributed by atoms with Crippen LogP contribution >= 0.6 is 11.6 Å². The highest BCUT2D eigenvalue weighted by molar-refractivity contribution is 6.21. The van der Waals surface area contributed by atoms with Gasteiger partial charge in [0.15, 0.2) is 0 Å². The van der Waals surface area contributed by atoms with Crippen LogP contribution in [0.25, 0.3) is 0 Å². The van der Waals surface area contributed by atoms with E-state index in [1.54, 1.807) is 0 Å². The van der Waals surface area contributed by atoms with Crippen molar-refractivity contribution in [3.05, 3.63) is 70.8 Å². The van der Waals surface area contributed by atoms with Gasteiger partial charge in [0.25, 0.3) is 0 Å². The average Bonchev–Trinajstić information content (AvgIpc) is 2.49. The molecule has 0 spiro atoms. The first-order valence-electron chi connectivity index (χ1n) is 7.08. The molecular weight excluding hydrogens is 282 g/mol. The molecule has 0 bridgehead atoms. The Labute approximate surface area is 131 Å². The van der Waals surface area contributed by atoms with Crippen LogP contribution in [-0.4, -0.2) is 12.5 Å². The van der Waals surface area contributed by atoms with E-state index in [0.29, 0.717) is 13.0 Å². The van der Waals surface area contributed by atoms with Crippen molar-refractivity contribution < 1.29 is 4.79 Å². The number of rotatable bonds is 5. The van der Waals surface area contributed by atoms with Crippen LogP contribution in [-0.2, 0) is 11.2 Å². The second-order valence-electron chi connectivity index (χ2n) is 5.28. The van der Waals surface area contributed by atoms with Crippen molar-refractivity contribution in [3.8, 4) is 0 Å². The van der Waals surface area contributed by atoms with Crippen molar-refractivity contribution in [1.82, 2.24) is 5.32 Å². The standard InChI is InChI=1S/C18H20ClNO/c1-13-8-9-15(10-14(13)2)11-18(21)20-12-17(19)16-6-4-3-5-7-16/h3-10,17H,11-12H2,1-2H3,(H,20,21). The maximum atomic E-state index is 12.0. The first kappa shape index (κ1) is 15.6. The van der Waals surface area contributed by atoms with Gasteiger partial charge in [-0.15, -0.1) is 11.6 Å². The molecule has 0 aromatic heterocycles. The molecular formula is C18H20ClNO. The number of hydrogen-bond acceptors (Lipinski definition) is 1. The molecule has 0 radical (unpaired) electrons. The largest absolute Gasteiger partial charge is 0.354 e. The molecule has 2 aromatic carbocycles. The van der Waals surface area contributed by atoms with E-state index in [4.69, 9.17) is 11.6 Å². The third kappa shape index (κ3) is 4.61. The Kier molecular flexibility index (Phi) is 5.40. The maximum Gasteiger partial charge on any atom is 0.224 e. The van der Waals surface area contributed by atoms with Gasteiger partial charge in [-0.1, -0.05) is 48.5 Å². The van der Waals surface area contributed by atoms with Crippen LogP contribution < -0.4 is 5.32 Å². The highest BCUT2D eigenvalue weighted by Crippen LogP contribution is 2.18. The number of amides is 1. The molecule has 0 fully saturated rings. The number of nitrogens with one attached hydrogen (secondary N) is 1. The molecule has 1 amide bonds. The molecule has 0 aliphatic heterocycles. The predicted molar refractivity (Wildman–Crippen MR) is 87.7 cm³/mol. The lowest BCUT2D eigenvalue weighted by molar-refractivity contribution is -0.120. The van der Waals surface area contributed by atoms with Gasteiger partial charge in [0, 0.05) is 6.54 Å². The van der Waals surface area contributed by atoms with Crippen LogP contribution in [0.15, 0.2) is 48.5 Å². The lowest BCUT2D eigenvalue weighted by Crippen LogP contribution is -2.28. The molecule has 0 heterocycles. The number of alkyl halides is 1. The topological polar surface area (TPSA) is 29.1 Å². The quantitative estimate of drug-likeness (QED) is 0.833.